The van der Waals surface area contributed by atoms with E-state index < -0.39 is 32.5 Å². The summed E-state index contributed by atoms with van der Waals surface area (Å²) in [7, 11) is -4.75. The van der Waals surface area contributed by atoms with Crippen molar-refractivity contribution in [2.24, 2.45) is 0 Å². The van der Waals surface area contributed by atoms with Crippen molar-refractivity contribution < 1.29 is 37.9 Å². The van der Waals surface area contributed by atoms with E-state index in [4.69, 9.17) is 19.3 Å². The average molecular weight is 727 g/mol. The molecule has 0 aliphatic heterocycles. The summed E-state index contributed by atoms with van der Waals surface area (Å²) in [6.07, 6.45) is 42.9. The first-order valence-electron chi connectivity index (χ1n) is 20.3. The molecule has 50 heavy (non-hydrogen) atoms. The van der Waals surface area contributed by atoms with Gasteiger partial charge in [0.05, 0.1) is 6.61 Å². The van der Waals surface area contributed by atoms with Crippen LogP contribution in [0.25, 0.3) is 0 Å². The molecule has 1 atom stereocenters. The topological polar surface area (TPSA) is 119 Å². The van der Waals surface area contributed by atoms with E-state index >= 15 is 0 Å². The van der Waals surface area contributed by atoms with Gasteiger partial charge in [-0.15, -0.1) is 0 Å². The minimum atomic E-state index is -4.75. The lowest BCUT2D eigenvalue weighted by atomic mass is 10.1. The molecule has 0 aliphatic carbocycles. The predicted molar refractivity (Wildman–Crippen MR) is 207 cm³/mol. The Balaban J connectivity index is 3.96. The van der Waals surface area contributed by atoms with Crippen LogP contribution in [0.1, 0.15) is 194 Å². The summed E-state index contributed by atoms with van der Waals surface area (Å²) >= 11 is 0. The molecule has 292 valence electrons. The Morgan fingerprint density at radius 3 is 1.36 bits per heavy atom. The average Bonchev–Trinajstić information content (AvgIpc) is 3.08. The van der Waals surface area contributed by atoms with Gasteiger partial charge in [0.15, 0.2) is 6.10 Å². The maximum Gasteiger partial charge on any atom is 0.469 e. The van der Waals surface area contributed by atoms with Crippen molar-refractivity contribution in [1.29, 1.82) is 0 Å². The molecule has 9 heteroatoms. The Kier molecular flexibility index (Phi) is 35.8. The molecule has 0 saturated carbocycles. The van der Waals surface area contributed by atoms with Crippen molar-refractivity contribution >= 4 is 19.8 Å². The van der Waals surface area contributed by atoms with Crippen LogP contribution in [0, 0.1) is 0 Å². The Morgan fingerprint density at radius 2 is 0.900 bits per heavy atom. The molecular formula is C41H75O8P. The number of rotatable bonds is 37. The minimum Gasteiger partial charge on any atom is -0.462 e. The van der Waals surface area contributed by atoms with Crippen molar-refractivity contribution in [3.8, 4) is 0 Å². The van der Waals surface area contributed by atoms with Crippen LogP contribution in [0.3, 0.4) is 0 Å². The molecule has 2 N–H and O–H groups in total. The summed E-state index contributed by atoms with van der Waals surface area (Å²) in [4.78, 5) is 42.8. The highest BCUT2D eigenvalue weighted by Crippen LogP contribution is 2.36. The molecule has 1 unspecified atom stereocenters. The van der Waals surface area contributed by atoms with Gasteiger partial charge >= 0.3 is 19.8 Å². The van der Waals surface area contributed by atoms with Crippen molar-refractivity contribution in [2.75, 3.05) is 13.2 Å². The van der Waals surface area contributed by atoms with Crippen molar-refractivity contribution in [2.45, 2.75) is 200 Å². The van der Waals surface area contributed by atoms with E-state index in [9.17, 15) is 14.2 Å². The molecule has 0 radical (unpaired) electrons. The maximum absolute atomic E-state index is 12.4. The summed E-state index contributed by atoms with van der Waals surface area (Å²) in [5.74, 6) is -0.902. The highest BCUT2D eigenvalue weighted by molar-refractivity contribution is 7.46. The second kappa shape index (κ2) is 37.0. The lowest BCUT2D eigenvalue weighted by Crippen LogP contribution is -2.29. The van der Waals surface area contributed by atoms with E-state index in [-0.39, 0.29) is 19.4 Å². The molecule has 0 aromatic heterocycles. The number of allylic oxidation sites excluding steroid dienone is 6. The third-order valence-electron chi connectivity index (χ3n) is 8.63. The molecule has 0 spiro atoms. The Morgan fingerprint density at radius 1 is 0.520 bits per heavy atom. The Hall–Kier alpha value is -1.73. The number of carbonyl (C=O) groups excluding carboxylic acids is 2. The predicted octanol–water partition coefficient (Wildman–Crippen LogP) is 12.2. The van der Waals surface area contributed by atoms with Crippen LogP contribution in [0.5, 0.6) is 0 Å². The van der Waals surface area contributed by atoms with Gasteiger partial charge in [-0.2, -0.15) is 0 Å². The van der Waals surface area contributed by atoms with Crippen LogP contribution in [0.15, 0.2) is 36.5 Å². The highest BCUT2D eigenvalue weighted by Gasteiger charge is 2.22. The number of hydrogen-bond acceptors (Lipinski definition) is 6. The fourth-order valence-electron chi connectivity index (χ4n) is 5.57. The molecule has 0 aromatic carbocycles. The van der Waals surface area contributed by atoms with Crippen LogP contribution in [0.2, 0.25) is 0 Å². The van der Waals surface area contributed by atoms with Crippen molar-refractivity contribution in [3.05, 3.63) is 36.5 Å². The summed E-state index contributed by atoms with van der Waals surface area (Å²) in [5, 5.41) is 0. The third-order valence-corrected chi connectivity index (χ3v) is 9.12. The van der Waals surface area contributed by atoms with E-state index in [1.807, 2.05) is 0 Å². The molecule has 0 rings (SSSR count). The van der Waals surface area contributed by atoms with Gasteiger partial charge in [-0.25, -0.2) is 4.57 Å². The van der Waals surface area contributed by atoms with Gasteiger partial charge in [-0.05, 0) is 70.6 Å². The van der Waals surface area contributed by atoms with E-state index in [0.717, 1.165) is 64.2 Å². The van der Waals surface area contributed by atoms with Crippen LogP contribution >= 0.6 is 7.82 Å². The van der Waals surface area contributed by atoms with E-state index in [1.54, 1.807) is 0 Å². The van der Waals surface area contributed by atoms with Crippen LogP contribution < -0.4 is 0 Å². The molecule has 0 aromatic rings. The molecule has 8 nitrogen and oxygen atoms in total. The normalized spacial score (nSPS) is 12.8. The van der Waals surface area contributed by atoms with Gasteiger partial charge in [0.1, 0.15) is 6.61 Å². The van der Waals surface area contributed by atoms with E-state index in [1.165, 1.54) is 89.9 Å². The number of unbranched alkanes of at least 4 members (excludes halogenated alkanes) is 21. The number of ether oxygens (including phenoxy) is 2. The lowest BCUT2D eigenvalue weighted by Gasteiger charge is -2.18. The van der Waals surface area contributed by atoms with Crippen molar-refractivity contribution in [1.82, 2.24) is 0 Å². The molecule has 0 bridgehead atoms. The van der Waals surface area contributed by atoms with E-state index in [2.05, 4.69) is 54.8 Å². The standard InChI is InChI=1S/C41H75O8P/c1-3-5-7-9-11-13-15-17-19-20-21-22-24-26-28-30-32-34-36-41(43)49-39(38-48-50(44,45)46)37-47-40(42)35-33-31-29-27-25-23-18-16-14-12-10-8-6-4-2/h13,15-16,18-20,39H,3-12,14,17,21-38H2,1-2H3,(H2,44,45,46)/b15-13-,18-16-,20-19-. The molecule has 0 amide bonds. The molecule has 0 saturated heterocycles. The molecule has 0 fully saturated rings. The zero-order valence-electron chi connectivity index (χ0n) is 32.0. The third kappa shape index (κ3) is 39.1. The smallest absolute Gasteiger partial charge is 0.462 e. The number of phosphoric acid groups is 1. The Labute approximate surface area is 306 Å². The van der Waals surface area contributed by atoms with E-state index in [0.29, 0.717) is 12.8 Å². The maximum atomic E-state index is 12.4. The summed E-state index contributed by atoms with van der Waals surface area (Å²) in [6.45, 7) is 3.65. The highest BCUT2D eigenvalue weighted by atomic mass is 31.2. The summed E-state index contributed by atoms with van der Waals surface area (Å²) in [6, 6.07) is 0. The van der Waals surface area contributed by atoms with Gasteiger partial charge in [-0.3, -0.25) is 14.1 Å². The second-order valence-electron chi connectivity index (χ2n) is 13.6. The first-order valence-corrected chi connectivity index (χ1v) is 21.8. The lowest BCUT2D eigenvalue weighted by molar-refractivity contribution is -0.161. The number of hydrogen-bond donors (Lipinski definition) is 2. The van der Waals surface area contributed by atoms with Crippen LogP contribution in [0.4, 0.5) is 0 Å². The number of carbonyl (C=O) groups is 2. The zero-order valence-corrected chi connectivity index (χ0v) is 32.9. The monoisotopic (exact) mass is 727 g/mol. The SMILES string of the molecule is CCCCCC/C=C\C/C=C\CCCCCCCCCC(=O)OC(COC(=O)CCCCCCC/C=C\CCCCCCC)COP(=O)(O)O. The first kappa shape index (κ1) is 48.3. The largest absolute Gasteiger partial charge is 0.469 e. The van der Waals surface area contributed by atoms with Gasteiger partial charge in [0, 0.05) is 12.8 Å². The second-order valence-corrected chi connectivity index (χ2v) is 14.8. The minimum absolute atomic E-state index is 0.202. The van der Waals surface area contributed by atoms with Gasteiger partial charge in [0.2, 0.25) is 0 Å². The fourth-order valence-corrected chi connectivity index (χ4v) is 5.93. The van der Waals surface area contributed by atoms with Gasteiger partial charge < -0.3 is 19.3 Å². The number of esters is 2. The zero-order chi connectivity index (χ0) is 36.8. The summed E-state index contributed by atoms with van der Waals surface area (Å²) in [5.41, 5.74) is 0. The Bertz CT molecular complexity index is 910. The molecule has 0 heterocycles. The van der Waals surface area contributed by atoms with Crippen LogP contribution in [-0.4, -0.2) is 41.0 Å². The van der Waals surface area contributed by atoms with Gasteiger partial charge in [-0.1, -0.05) is 147 Å². The van der Waals surface area contributed by atoms with Crippen LogP contribution in [-0.2, 0) is 28.2 Å². The van der Waals surface area contributed by atoms with Gasteiger partial charge in [0.25, 0.3) is 0 Å². The summed E-state index contributed by atoms with van der Waals surface area (Å²) < 4.78 is 26.3. The fraction of sp³-hybridized carbons (Fsp3) is 0.805. The first-order chi connectivity index (χ1) is 24.3. The molecular weight excluding hydrogens is 651 g/mol. The number of phosphoric ester groups is 1. The molecule has 0 aliphatic rings. The quantitative estimate of drug-likeness (QED) is 0.0281. The van der Waals surface area contributed by atoms with Crippen molar-refractivity contribution in [3.63, 3.8) is 0 Å².